The first kappa shape index (κ1) is 8.97. The third kappa shape index (κ3) is 13.9. The van der Waals surface area contributed by atoms with Crippen molar-refractivity contribution in [2.24, 2.45) is 0 Å². The van der Waals surface area contributed by atoms with Crippen molar-refractivity contribution >= 4 is 29.6 Å². The van der Waals surface area contributed by atoms with Crippen molar-refractivity contribution in [1.29, 1.82) is 5.26 Å². The fourth-order valence-corrected chi connectivity index (χ4v) is 0. The van der Waals surface area contributed by atoms with Crippen LogP contribution in [0.1, 0.15) is 0 Å². The van der Waals surface area contributed by atoms with E-state index in [1.54, 1.807) is 6.07 Å². The van der Waals surface area contributed by atoms with Crippen LogP contribution in [0.25, 0.3) is 0 Å². The molecule has 0 bridgehead atoms. The number of nitriles is 1. The molecule has 0 unspecified atom stereocenters. The van der Waals surface area contributed by atoms with Crippen molar-refractivity contribution < 1.29 is 0 Å². The van der Waals surface area contributed by atoms with E-state index >= 15 is 0 Å². The molecule has 0 atom stereocenters. The van der Waals surface area contributed by atoms with E-state index < -0.39 is 0 Å². The summed E-state index contributed by atoms with van der Waals surface area (Å²) in [6.45, 7) is 3.12. The Balaban J connectivity index is 0. The molecule has 0 aromatic heterocycles. The zero-order valence-electron chi connectivity index (χ0n) is 2.23. The molecule has 0 rings (SSSR count). The average Bonchev–Trinajstić information content (AvgIpc) is 1.37. The second kappa shape index (κ2) is 8.87. The molecule has 0 saturated carbocycles. The summed E-state index contributed by atoms with van der Waals surface area (Å²) in [5, 5.41) is 7.51. The Hall–Kier alpha value is 0.230. The first-order valence-corrected chi connectivity index (χ1v) is 0.921. The summed E-state index contributed by atoms with van der Waals surface area (Å²) in [6, 6.07) is 1.69. The molecule has 0 radical (unpaired) electrons. The Bertz CT molecular complexity index is 52.4. The number of hydrogen-bond donors (Lipinski definition) is 0. The summed E-state index contributed by atoms with van der Waals surface area (Å²) in [7, 11) is 0. The Kier molecular flexibility index (Phi) is 15.9. The second-order valence-corrected chi connectivity index (χ2v) is 0.333. The van der Waals surface area contributed by atoms with Crippen LogP contribution >= 0.6 is 0 Å². The molecule has 0 amide bonds. The van der Waals surface area contributed by atoms with Gasteiger partial charge in [0.25, 0.3) is 0 Å². The molecule has 2 heteroatoms. The van der Waals surface area contributed by atoms with Crippen LogP contribution in [0, 0.1) is 11.3 Å². The van der Waals surface area contributed by atoms with Crippen LogP contribution in [0.5, 0.6) is 0 Å². The summed E-state index contributed by atoms with van der Waals surface area (Å²) < 4.78 is 0. The molecule has 5 heavy (non-hydrogen) atoms. The van der Waals surface area contributed by atoms with Crippen LogP contribution in [0.4, 0.5) is 0 Å². The Morgan fingerprint density at radius 1 is 1.80 bits per heavy atom. The first-order chi connectivity index (χ1) is 1.91. The summed E-state index contributed by atoms with van der Waals surface area (Å²) >= 11 is 0. The fourth-order valence-electron chi connectivity index (χ4n) is 0. The molecule has 0 N–H and O–H groups in total. The standard InChI is InChI=1S/C3H3N.Na.H/c1-2-3-4;;/h2H,1H2;;. The van der Waals surface area contributed by atoms with Gasteiger partial charge in [-0.15, -0.1) is 0 Å². The monoisotopic (exact) mass is 77.0 g/mol. The molecule has 1 nitrogen and oxygen atoms in total. The summed E-state index contributed by atoms with van der Waals surface area (Å²) in [6.07, 6.45) is 1.18. The van der Waals surface area contributed by atoms with Crippen molar-refractivity contribution in [3.8, 4) is 6.07 Å². The molecule has 0 aliphatic rings. The van der Waals surface area contributed by atoms with Crippen LogP contribution in [0.2, 0.25) is 0 Å². The van der Waals surface area contributed by atoms with E-state index in [0.717, 1.165) is 0 Å². The number of rotatable bonds is 0. The van der Waals surface area contributed by atoms with Gasteiger partial charge in [-0.25, -0.2) is 0 Å². The van der Waals surface area contributed by atoms with Gasteiger partial charge in [0.2, 0.25) is 0 Å². The molecule has 0 saturated heterocycles. The van der Waals surface area contributed by atoms with Gasteiger partial charge < -0.3 is 0 Å². The first-order valence-electron chi connectivity index (χ1n) is 0.921. The Morgan fingerprint density at radius 2 is 2.00 bits per heavy atom. The van der Waals surface area contributed by atoms with Gasteiger partial charge in [0.15, 0.2) is 0 Å². The molecule has 22 valence electrons. The fraction of sp³-hybridized carbons (Fsp3) is 0. The predicted molar refractivity (Wildman–Crippen MR) is 23.0 cm³/mol. The van der Waals surface area contributed by atoms with Gasteiger partial charge in [-0.05, 0) is 0 Å². The van der Waals surface area contributed by atoms with E-state index in [-0.39, 0.29) is 29.6 Å². The van der Waals surface area contributed by atoms with E-state index in [9.17, 15) is 0 Å². The van der Waals surface area contributed by atoms with Crippen molar-refractivity contribution in [3.63, 3.8) is 0 Å². The van der Waals surface area contributed by atoms with Crippen LogP contribution in [-0.2, 0) is 0 Å². The molecular formula is C3H4NNa. The number of hydrogen-bond acceptors (Lipinski definition) is 1. The van der Waals surface area contributed by atoms with E-state index in [2.05, 4.69) is 6.58 Å². The number of nitrogens with zero attached hydrogens (tertiary/aromatic N) is 1. The van der Waals surface area contributed by atoms with Gasteiger partial charge in [0.1, 0.15) is 0 Å². The minimum absolute atomic E-state index is 0. The van der Waals surface area contributed by atoms with Crippen molar-refractivity contribution in [2.45, 2.75) is 0 Å². The molecule has 0 aromatic carbocycles. The van der Waals surface area contributed by atoms with Gasteiger partial charge in [-0.1, -0.05) is 6.58 Å². The van der Waals surface area contributed by atoms with Crippen LogP contribution in [-0.4, -0.2) is 29.6 Å². The molecule has 0 heterocycles. The minimum atomic E-state index is 0. The van der Waals surface area contributed by atoms with Crippen LogP contribution in [0.15, 0.2) is 12.7 Å². The van der Waals surface area contributed by atoms with Gasteiger partial charge in [-0.2, -0.15) is 5.26 Å². The molecule has 0 aliphatic carbocycles. The Morgan fingerprint density at radius 3 is 2.00 bits per heavy atom. The van der Waals surface area contributed by atoms with Crippen molar-refractivity contribution in [1.82, 2.24) is 0 Å². The maximum atomic E-state index is 7.51. The third-order valence-electron chi connectivity index (χ3n) is 0.0913. The van der Waals surface area contributed by atoms with E-state index in [1.165, 1.54) is 6.08 Å². The number of allylic oxidation sites excluding steroid dienone is 1. The Labute approximate surface area is 53.6 Å². The third-order valence-corrected chi connectivity index (χ3v) is 0.0913. The van der Waals surface area contributed by atoms with Gasteiger partial charge in [0.05, 0.1) is 6.07 Å². The van der Waals surface area contributed by atoms with Crippen LogP contribution in [0.3, 0.4) is 0 Å². The summed E-state index contributed by atoms with van der Waals surface area (Å²) in [5.74, 6) is 0. The van der Waals surface area contributed by atoms with Gasteiger partial charge in [-0.3, -0.25) is 0 Å². The SMILES string of the molecule is C=CC#N.[NaH]. The zero-order chi connectivity index (χ0) is 3.41. The second-order valence-electron chi connectivity index (χ2n) is 0.333. The molecule has 0 aliphatic heterocycles. The van der Waals surface area contributed by atoms with Crippen molar-refractivity contribution in [2.75, 3.05) is 0 Å². The molecule has 0 spiro atoms. The van der Waals surface area contributed by atoms with Crippen molar-refractivity contribution in [3.05, 3.63) is 12.7 Å². The quantitative estimate of drug-likeness (QED) is 0.296. The zero-order valence-corrected chi connectivity index (χ0v) is 2.23. The molecular weight excluding hydrogens is 73.0 g/mol. The van der Waals surface area contributed by atoms with E-state index in [0.29, 0.717) is 0 Å². The average molecular weight is 77.1 g/mol. The van der Waals surface area contributed by atoms with E-state index in [1.807, 2.05) is 0 Å². The van der Waals surface area contributed by atoms with Crippen LogP contribution < -0.4 is 0 Å². The molecule has 0 fully saturated rings. The van der Waals surface area contributed by atoms with Gasteiger partial charge >= 0.3 is 29.6 Å². The van der Waals surface area contributed by atoms with E-state index in [4.69, 9.17) is 5.26 Å². The van der Waals surface area contributed by atoms with Gasteiger partial charge in [0, 0.05) is 6.08 Å². The normalized spacial score (nSPS) is 3.00. The summed E-state index contributed by atoms with van der Waals surface area (Å²) in [4.78, 5) is 0. The maximum absolute atomic E-state index is 7.51. The topological polar surface area (TPSA) is 23.8 Å². The molecule has 0 aromatic rings. The predicted octanol–water partition coefficient (Wildman–Crippen LogP) is 0.0475. The summed E-state index contributed by atoms with van der Waals surface area (Å²) in [5.41, 5.74) is 0.